The third-order valence-corrected chi connectivity index (χ3v) is 3.62. The van der Waals surface area contributed by atoms with Crippen LogP contribution in [0, 0.1) is 0 Å². The number of alkyl halides is 2. The Bertz CT molecular complexity index is 301. The van der Waals surface area contributed by atoms with Crippen LogP contribution in [0.25, 0.3) is 0 Å². The summed E-state index contributed by atoms with van der Waals surface area (Å²) in [6.45, 7) is 0.633. The first-order valence-corrected chi connectivity index (χ1v) is 6.05. The molecule has 0 aromatic heterocycles. The van der Waals surface area contributed by atoms with E-state index in [4.69, 9.17) is 10.5 Å². The van der Waals surface area contributed by atoms with Crippen molar-refractivity contribution in [3.63, 3.8) is 0 Å². The Morgan fingerprint density at radius 2 is 1.93 bits per heavy atom. The molecule has 0 spiro atoms. The van der Waals surface area contributed by atoms with Crippen molar-refractivity contribution < 1.29 is 21.9 Å². The normalized spacial score (nSPS) is 21.9. The van der Waals surface area contributed by atoms with Gasteiger partial charge in [-0.25, -0.2) is 13.1 Å². The lowest BCUT2D eigenvalue weighted by Crippen LogP contribution is -2.57. The van der Waals surface area contributed by atoms with E-state index in [9.17, 15) is 17.2 Å². The van der Waals surface area contributed by atoms with Crippen molar-refractivity contribution in [2.24, 2.45) is 5.73 Å². The first kappa shape index (κ1) is 12.8. The van der Waals surface area contributed by atoms with Gasteiger partial charge in [0.05, 0.1) is 0 Å². The van der Waals surface area contributed by atoms with E-state index in [0.717, 1.165) is 0 Å². The zero-order valence-electron chi connectivity index (χ0n) is 8.08. The molecule has 0 saturated carbocycles. The SMILES string of the molecule is NCC1(NS(=O)(=O)C(F)F)CCOCC1. The predicted molar refractivity (Wildman–Crippen MR) is 49.9 cm³/mol. The predicted octanol–water partition coefficient (Wildman–Crippen LogP) is -0.364. The van der Waals surface area contributed by atoms with Crippen LogP contribution in [0.15, 0.2) is 0 Å². The summed E-state index contributed by atoms with van der Waals surface area (Å²) < 4.78 is 53.3. The molecule has 0 aromatic carbocycles. The number of sulfonamides is 1. The summed E-state index contributed by atoms with van der Waals surface area (Å²) in [6, 6.07) is 0. The first-order valence-electron chi connectivity index (χ1n) is 4.51. The van der Waals surface area contributed by atoms with Crippen molar-refractivity contribution in [2.75, 3.05) is 19.8 Å². The van der Waals surface area contributed by atoms with Crippen LogP contribution in [0.3, 0.4) is 0 Å². The topological polar surface area (TPSA) is 81.4 Å². The number of hydrogen-bond donors (Lipinski definition) is 2. The zero-order chi connectivity index (χ0) is 11.5. The lowest BCUT2D eigenvalue weighted by atomic mass is 9.92. The number of halogens is 2. The Morgan fingerprint density at radius 1 is 1.40 bits per heavy atom. The highest BCUT2D eigenvalue weighted by Crippen LogP contribution is 2.21. The maximum Gasteiger partial charge on any atom is 0.350 e. The molecule has 1 saturated heterocycles. The van der Waals surface area contributed by atoms with Crippen LogP contribution in [0.2, 0.25) is 0 Å². The van der Waals surface area contributed by atoms with Crippen LogP contribution in [-0.2, 0) is 14.8 Å². The number of nitrogens with two attached hydrogens (primary N) is 1. The summed E-state index contributed by atoms with van der Waals surface area (Å²) in [5, 5.41) is 0. The van der Waals surface area contributed by atoms with Crippen LogP contribution in [0.5, 0.6) is 0 Å². The number of hydrogen-bond acceptors (Lipinski definition) is 4. The van der Waals surface area contributed by atoms with Gasteiger partial charge in [0.15, 0.2) is 0 Å². The maximum absolute atomic E-state index is 12.2. The minimum absolute atomic E-state index is 0.0116. The van der Waals surface area contributed by atoms with E-state index < -0.39 is 21.3 Å². The molecule has 0 aliphatic carbocycles. The largest absolute Gasteiger partial charge is 0.381 e. The van der Waals surface area contributed by atoms with Gasteiger partial charge in [0.2, 0.25) is 0 Å². The molecule has 5 nitrogen and oxygen atoms in total. The van der Waals surface area contributed by atoms with E-state index in [2.05, 4.69) is 0 Å². The monoisotopic (exact) mass is 244 g/mol. The summed E-state index contributed by atoms with van der Waals surface area (Å²) in [7, 11) is -4.59. The Kier molecular flexibility index (Phi) is 3.99. The third-order valence-electron chi connectivity index (χ3n) is 2.43. The highest BCUT2D eigenvalue weighted by molar-refractivity contribution is 7.89. The minimum atomic E-state index is -4.59. The number of rotatable bonds is 4. The molecule has 0 amide bonds. The molecule has 90 valence electrons. The molecule has 1 aliphatic heterocycles. The lowest BCUT2D eigenvalue weighted by Gasteiger charge is -2.36. The van der Waals surface area contributed by atoms with Crippen LogP contribution in [0.4, 0.5) is 8.78 Å². The summed E-state index contributed by atoms with van der Waals surface area (Å²) in [6.07, 6.45) is 0.630. The Labute approximate surface area is 87.0 Å². The molecule has 0 unspecified atom stereocenters. The molecule has 0 aromatic rings. The quantitative estimate of drug-likeness (QED) is 0.707. The fourth-order valence-corrected chi connectivity index (χ4v) is 2.44. The molecule has 1 rings (SSSR count). The number of ether oxygens (including phenoxy) is 1. The second-order valence-electron chi connectivity index (χ2n) is 3.50. The average Bonchev–Trinajstić information content (AvgIpc) is 2.18. The van der Waals surface area contributed by atoms with Crippen LogP contribution in [-0.4, -0.2) is 39.5 Å². The minimum Gasteiger partial charge on any atom is -0.381 e. The van der Waals surface area contributed by atoms with Gasteiger partial charge in [-0.2, -0.15) is 8.78 Å². The molecule has 3 N–H and O–H groups in total. The molecular weight excluding hydrogens is 230 g/mol. The molecule has 1 fully saturated rings. The van der Waals surface area contributed by atoms with Gasteiger partial charge in [-0.1, -0.05) is 0 Å². The summed E-state index contributed by atoms with van der Waals surface area (Å²) in [4.78, 5) is 0. The highest BCUT2D eigenvalue weighted by Gasteiger charge is 2.38. The van der Waals surface area contributed by atoms with Crippen molar-refractivity contribution in [2.45, 2.75) is 24.1 Å². The Morgan fingerprint density at radius 3 is 2.33 bits per heavy atom. The smallest absolute Gasteiger partial charge is 0.350 e. The highest BCUT2D eigenvalue weighted by atomic mass is 32.2. The van der Waals surface area contributed by atoms with Gasteiger partial charge < -0.3 is 10.5 Å². The van der Waals surface area contributed by atoms with Gasteiger partial charge in [-0.3, -0.25) is 0 Å². The molecule has 0 radical (unpaired) electrons. The van der Waals surface area contributed by atoms with Gasteiger partial charge in [0, 0.05) is 25.3 Å². The van der Waals surface area contributed by atoms with Crippen LogP contribution < -0.4 is 10.5 Å². The van der Waals surface area contributed by atoms with E-state index >= 15 is 0 Å². The fraction of sp³-hybridized carbons (Fsp3) is 1.00. The van der Waals surface area contributed by atoms with E-state index in [1.54, 1.807) is 0 Å². The van der Waals surface area contributed by atoms with Gasteiger partial charge in [0.1, 0.15) is 0 Å². The van der Waals surface area contributed by atoms with Crippen molar-refractivity contribution in [3.8, 4) is 0 Å². The molecule has 15 heavy (non-hydrogen) atoms. The third kappa shape index (κ3) is 3.07. The summed E-state index contributed by atoms with van der Waals surface area (Å²) in [5.41, 5.74) is 4.44. The van der Waals surface area contributed by atoms with E-state index in [1.807, 2.05) is 4.72 Å². The van der Waals surface area contributed by atoms with Crippen molar-refractivity contribution in [3.05, 3.63) is 0 Å². The lowest BCUT2D eigenvalue weighted by molar-refractivity contribution is 0.0493. The molecule has 1 heterocycles. The molecule has 8 heteroatoms. The van der Waals surface area contributed by atoms with Gasteiger partial charge in [-0.05, 0) is 12.8 Å². The van der Waals surface area contributed by atoms with Crippen LogP contribution in [0.1, 0.15) is 12.8 Å². The average molecular weight is 244 g/mol. The Balaban J connectivity index is 2.76. The fourth-order valence-electron chi connectivity index (χ4n) is 1.46. The van der Waals surface area contributed by atoms with Crippen molar-refractivity contribution in [1.29, 1.82) is 0 Å². The maximum atomic E-state index is 12.2. The number of nitrogens with one attached hydrogen (secondary N) is 1. The summed E-state index contributed by atoms with van der Waals surface area (Å²) in [5.74, 6) is -3.43. The summed E-state index contributed by atoms with van der Waals surface area (Å²) >= 11 is 0. The van der Waals surface area contributed by atoms with E-state index in [0.29, 0.717) is 26.1 Å². The van der Waals surface area contributed by atoms with Crippen LogP contribution >= 0.6 is 0 Å². The standard InChI is InChI=1S/C7H14F2N2O3S/c8-6(9)15(12,13)11-7(5-10)1-3-14-4-2-7/h6,11H,1-5,10H2. The van der Waals surface area contributed by atoms with Crippen molar-refractivity contribution >= 4 is 10.0 Å². The van der Waals surface area contributed by atoms with E-state index in [1.165, 1.54) is 0 Å². The zero-order valence-corrected chi connectivity index (χ0v) is 8.90. The van der Waals surface area contributed by atoms with Gasteiger partial charge in [0.25, 0.3) is 10.0 Å². The Hall–Kier alpha value is -0.310. The molecular formula is C7H14F2N2O3S. The van der Waals surface area contributed by atoms with E-state index in [-0.39, 0.29) is 6.54 Å². The van der Waals surface area contributed by atoms with Crippen molar-refractivity contribution in [1.82, 2.24) is 4.72 Å². The molecule has 1 aliphatic rings. The molecule has 0 bridgehead atoms. The van der Waals surface area contributed by atoms with Gasteiger partial charge >= 0.3 is 5.76 Å². The second-order valence-corrected chi connectivity index (χ2v) is 5.16. The second kappa shape index (κ2) is 4.69. The first-order chi connectivity index (χ1) is 6.92. The molecule has 0 atom stereocenters. The van der Waals surface area contributed by atoms with Gasteiger partial charge in [-0.15, -0.1) is 0 Å².